The van der Waals surface area contributed by atoms with Crippen molar-refractivity contribution in [1.82, 2.24) is 9.80 Å². The average Bonchev–Trinajstić information content (AvgIpc) is 2.44. The van der Waals surface area contributed by atoms with Gasteiger partial charge in [0.1, 0.15) is 5.54 Å². The fraction of sp³-hybridized carbons (Fsp3) is 0.929. The van der Waals surface area contributed by atoms with Crippen molar-refractivity contribution in [1.29, 1.82) is 0 Å². The summed E-state index contributed by atoms with van der Waals surface area (Å²) in [5, 5.41) is 0. The van der Waals surface area contributed by atoms with Crippen molar-refractivity contribution in [3.63, 3.8) is 0 Å². The van der Waals surface area contributed by atoms with Crippen molar-refractivity contribution in [3.8, 4) is 0 Å². The Kier molecular flexibility index (Phi) is 4.81. The average molecular weight is 269 g/mol. The summed E-state index contributed by atoms with van der Waals surface area (Å²) in [5.41, 5.74) is 5.15. The molecule has 0 aromatic rings. The van der Waals surface area contributed by atoms with Gasteiger partial charge < -0.3 is 15.4 Å². The van der Waals surface area contributed by atoms with Crippen LogP contribution >= 0.6 is 0 Å². The quantitative estimate of drug-likeness (QED) is 0.750. The molecule has 0 bridgehead atoms. The standard InChI is InChI=1S/C14H27N3O2/c1-14(15,13(18)19-2)6-8-16-9-10-17-7-4-3-5-12(17)11-16/h12H,3-11,15H2,1-2H3. The summed E-state index contributed by atoms with van der Waals surface area (Å²) in [6.07, 6.45) is 4.67. The number of nitrogens with zero attached hydrogens (tertiary/aromatic N) is 2. The van der Waals surface area contributed by atoms with E-state index >= 15 is 0 Å². The molecule has 5 heteroatoms. The van der Waals surface area contributed by atoms with E-state index in [4.69, 9.17) is 10.5 Å². The second-order valence-corrected chi connectivity index (χ2v) is 6.15. The zero-order chi connectivity index (χ0) is 13.9. The maximum Gasteiger partial charge on any atom is 0.325 e. The second kappa shape index (κ2) is 6.20. The van der Waals surface area contributed by atoms with Crippen molar-refractivity contribution in [2.24, 2.45) is 5.73 Å². The van der Waals surface area contributed by atoms with Gasteiger partial charge in [0.25, 0.3) is 0 Å². The SMILES string of the molecule is COC(=O)C(C)(N)CCN1CCN2CCCCC2C1. The molecule has 0 aromatic carbocycles. The molecule has 0 spiro atoms. The third-order valence-corrected chi connectivity index (χ3v) is 4.52. The maximum atomic E-state index is 11.6. The molecule has 0 aromatic heterocycles. The number of rotatable bonds is 4. The summed E-state index contributed by atoms with van der Waals surface area (Å²) in [4.78, 5) is 16.6. The molecular weight excluding hydrogens is 242 g/mol. The predicted molar refractivity (Wildman–Crippen MR) is 74.9 cm³/mol. The van der Waals surface area contributed by atoms with Gasteiger partial charge >= 0.3 is 5.97 Å². The Hall–Kier alpha value is -0.650. The molecule has 110 valence electrons. The molecule has 0 aliphatic carbocycles. The van der Waals surface area contributed by atoms with E-state index in [1.54, 1.807) is 6.92 Å². The number of carbonyl (C=O) groups excluding carboxylic acids is 1. The fourth-order valence-electron chi connectivity index (χ4n) is 3.15. The molecule has 2 heterocycles. The molecule has 2 fully saturated rings. The first-order valence-electron chi connectivity index (χ1n) is 7.36. The fourth-order valence-corrected chi connectivity index (χ4v) is 3.15. The van der Waals surface area contributed by atoms with Gasteiger partial charge in [-0.1, -0.05) is 6.42 Å². The highest BCUT2D eigenvalue weighted by Gasteiger charge is 2.32. The number of ether oxygens (including phenoxy) is 1. The first-order chi connectivity index (χ1) is 9.03. The van der Waals surface area contributed by atoms with Gasteiger partial charge in [-0.2, -0.15) is 0 Å². The van der Waals surface area contributed by atoms with Gasteiger partial charge in [0.15, 0.2) is 0 Å². The van der Waals surface area contributed by atoms with Gasteiger partial charge in [-0.05, 0) is 32.7 Å². The van der Waals surface area contributed by atoms with Crippen molar-refractivity contribution in [3.05, 3.63) is 0 Å². The Labute approximate surface area is 116 Å². The monoisotopic (exact) mass is 269 g/mol. The Morgan fingerprint density at radius 1 is 1.37 bits per heavy atom. The summed E-state index contributed by atoms with van der Waals surface area (Å²) in [6, 6.07) is 0.713. The van der Waals surface area contributed by atoms with Gasteiger partial charge in [0.05, 0.1) is 7.11 Å². The first-order valence-corrected chi connectivity index (χ1v) is 7.36. The number of nitrogens with two attached hydrogens (primary N) is 1. The van der Waals surface area contributed by atoms with Crippen molar-refractivity contribution in [2.45, 2.75) is 44.2 Å². The highest BCUT2D eigenvalue weighted by molar-refractivity contribution is 5.79. The lowest BCUT2D eigenvalue weighted by atomic mass is 9.97. The maximum absolute atomic E-state index is 11.6. The normalized spacial score (nSPS) is 28.5. The summed E-state index contributed by atoms with van der Waals surface area (Å²) in [5.74, 6) is -0.316. The van der Waals surface area contributed by atoms with Crippen LogP contribution in [0.4, 0.5) is 0 Å². The van der Waals surface area contributed by atoms with E-state index in [2.05, 4.69) is 9.80 Å². The largest absolute Gasteiger partial charge is 0.468 e. The molecule has 5 nitrogen and oxygen atoms in total. The third-order valence-electron chi connectivity index (χ3n) is 4.52. The Balaban J connectivity index is 1.79. The molecule has 2 N–H and O–H groups in total. The van der Waals surface area contributed by atoms with E-state index < -0.39 is 5.54 Å². The summed E-state index contributed by atoms with van der Waals surface area (Å²) < 4.78 is 4.75. The molecule has 0 saturated carbocycles. The summed E-state index contributed by atoms with van der Waals surface area (Å²) in [6.45, 7) is 7.27. The van der Waals surface area contributed by atoms with Crippen LogP contribution in [-0.4, -0.2) is 67.2 Å². The molecule has 2 rings (SSSR count). The number of piperazine rings is 1. The third kappa shape index (κ3) is 3.68. The summed E-state index contributed by atoms with van der Waals surface area (Å²) in [7, 11) is 1.40. The lowest BCUT2D eigenvalue weighted by Crippen LogP contribution is -2.56. The van der Waals surface area contributed by atoms with E-state index in [1.165, 1.54) is 32.9 Å². The van der Waals surface area contributed by atoms with Crippen LogP contribution < -0.4 is 5.73 Å². The number of methoxy groups -OCH3 is 1. The second-order valence-electron chi connectivity index (χ2n) is 6.15. The molecule has 19 heavy (non-hydrogen) atoms. The van der Waals surface area contributed by atoms with Crippen LogP contribution in [0.1, 0.15) is 32.6 Å². The Morgan fingerprint density at radius 2 is 2.16 bits per heavy atom. The highest BCUT2D eigenvalue weighted by Crippen LogP contribution is 2.21. The van der Waals surface area contributed by atoms with Crippen LogP contribution in [0.25, 0.3) is 0 Å². The molecule has 2 saturated heterocycles. The van der Waals surface area contributed by atoms with E-state index in [0.717, 1.165) is 26.2 Å². The van der Waals surface area contributed by atoms with E-state index in [1.807, 2.05) is 0 Å². The van der Waals surface area contributed by atoms with Crippen molar-refractivity contribution in [2.75, 3.05) is 39.8 Å². The number of fused-ring (bicyclic) bond motifs is 1. The van der Waals surface area contributed by atoms with E-state index in [-0.39, 0.29) is 5.97 Å². The van der Waals surface area contributed by atoms with Crippen LogP contribution in [0.5, 0.6) is 0 Å². The number of carbonyl (C=O) groups is 1. The molecule has 2 atom stereocenters. The van der Waals surface area contributed by atoms with Gasteiger partial charge in [0, 0.05) is 32.2 Å². The number of piperidine rings is 1. The molecule has 0 amide bonds. The topological polar surface area (TPSA) is 58.8 Å². The molecule has 2 unspecified atom stereocenters. The van der Waals surface area contributed by atoms with Crippen LogP contribution in [0.3, 0.4) is 0 Å². The van der Waals surface area contributed by atoms with Crippen LogP contribution in [0.15, 0.2) is 0 Å². The van der Waals surface area contributed by atoms with Gasteiger partial charge in [-0.15, -0.1) is 0 Å². The van der Waals surface area contributed by atoms with Crippen LogP contribution in [0, 0.1) is 0 Å². The van der Waals surface area contributed by atoms with Crippen LogP contribution in [-0.2, 0) is 9.53 Å². The molecule has 2 aliphatic rings. The lowest BCUT2D eigenvalue weighted by molar-refractivity contribution is -0.146. The molecule has 0 radical (unpaired) electrons. The zero-order valence-corrected chi connectivity index (χ0v) is 12.2. The number of hydrogen-bond acceptors (Lipinski definition) is 5. The van der Waals surface area contributed by atoms with Gasteiger partial charge in [0.2, 0.25) is 0 Å². The minimum Gasteiger partial charge on any atom is -0.468 e. The first kappa shape index (κ1) is 14.8. The predicted octanol–water partition coefficient (Wildman–Crippen LogP) is 0.437. The minimum absolute atomic E-state index is 0.316. The van der Waals surface area contributed by atoms with Crippen molar-refractivity contribution >= 4 is 5.97 Å². The lowest BCUT2D eigenvalue weighted by Gasteiger charge is -2.44. The molecule has 2 aliphatic heterocycles. The van der Waals surface area contributed by atoms with E-state index in [0.29, 0.717) is 12.5 Å². The van der Waals surface area contributed by atoms with E-state index in [9.17, 15) is 4.79 Å². The Morgan fingerprint density at radius 3 is 2.89 bits per heavy atom. The highest BCUT2D eigenvalue weighted by atomic mass is 16.5. The van der Waals surface area contributed by atoms with Gasteiger partial charge in [-0.3, -0.25) is 9.69 Å². The molecular formula is C14H27N3O2. The zero-order valence-electron chi connectivity index (χ0n) is 12.2. The number of hydrogen-bond donors (Lipinski definition) is 1. The number of esters is 1. The summed E-state index contributed by atoms with van der Waals surface area (Å²) >= 11 is 0. The Bertz CT molecular complexity index is 320. The minimum atomic E-state index is -0.863. The van der Waals surface area contributed by atoms with Crippen LogP contribution in [0.2, 0.25) is 0 Å². The van der Waals surface area contributed by atoms with Crippen molar-refractivity contribution < 1.29 is 9.53 Å². The smallest absolute Gasteiger partial charge is 0.325 e. The van der Waals surface area contributed by atoms with Gasteiger partial charge in [-0.25, -0.2) is 0 Å².